The Balaban J connectivity index is 2.86. The van der Waals surface area contributed by atoms with Crippen molar-refractivity contribution in [3.8, 4) is 0 Å². The van der Waals surface area contributed by atoms with E-state index in [9.17, 15) is 19.8 Å². The predicted octanol–water partition coefficient (Wildman–Crippen LogP) is -2.58. The molecule has 1 aliphatic rings. The number of nitrogens with one attached hydrogen (secondary N) is 1. The van der Waals surface area contributed by atoms with Crippen molar-refractivity contribution in [1.82, 2.24) is 5.32 Å². The first kappa shape index (κ1) is 16.8. The number of hydrogen-bond donors (Lipinski definition) is 5. The Kier molecular flexibility index (Phi) is 5.84. The molecule has 1 heterocycles. The highest BCUT2D eigenvalue weighted by molar-refractivity contribution is 5.73. The van der Waals surface area contributed by atoms with Crippen molar-refractivity contribution in [2.75, 3.05) is 6.61 Å². The second kappa shape index (κ2) is 6.95. The summed E-state index contributed by atoms with van der Waals surface area (Å²) in [6.45, 7) is 1.85. The summed E-state index contributed by atoms with van der Waals surface area (Å²) in [5, 5.41) is 40.0. The van der Waals surface area contributed by atoms with Crippen molar-refractivity contribution < 1.29 is 39.5 Å². The molecule has 9 heteroatoms. The van der Waals surface area contributed by atoms with Crippen molar-refractivity contribution in [2.45, 2.75) is 50.6 Å². The molecular formula is C11H19NO8. The number of aliphatic carboxylic acids is 1. The zero-order valence-corrected chi connectivity index (χ0v) is 11.1. The van der Waals surface area contributed by atoms with Crippen LogP contribution in [0.5, 0.6) is 0 Å². The van der Waals surface area contributed by atoms with E-state index in [1.807, 2.05) is 0 Å². The second-order valence-corrected chi connectivity index (χ2v) is 4.55. The summed E-state index contributed by atoms with van der Waals surface area (Å²) in [5.41, 5.74) is 0. The third-order valence-electron chi connectivity index (χ3n) is 2.95. The molecule has 1 aliphatic heterocycles. The average molecular weight is 293 g/mol. The van der Waals surface area contributed by atoms with E-state index >= 15 is 0 Å². The Morgan fingerprint density at radius 3 is 2.45 bits per heavy atom. The lowest BCUT2D eigenvalue weighted by Crippen LogP contribution is -2.65. The average Bonchev–Trinajstić information content (AvgIpc) is 2.36. The number of aliphatic hydroxyl groups excluding tert-OH is 3. The Morgan fingerprint density at radius 1 is 1.40 bits per heavy atom. The molecule has 0 bridgehead atoms. The fourth-order valence-electron chi connectivity index (χ4n) is 1.93. The maximum atomic E-state index is 11.0. The van der Waals surface area contributed by atoms with Gasteiger partial charge < -0.3 is 35.2 Å². The molecule has 20 heavy (non-hydrogen) atoms. The maximum absolute atomic E-state index is 11.0. The van der Waals surface area contributed by atoms with E-state index in [-0.39, 0.29) is 0 Å². The monoisotopic (exact) mass is 293 g/mol. The van der Waals surface area contributed by atoms with Gasteiger partial charge in [0.1, 0.15) is 24.4 Å². The Bertz CT molecular complexity index is 362. The molecule has 1 saturated heterocycles. The van der Waals surface area contributed by atoms with Crippen LogP contribution in [-0.2, 0) is 19.1 Å². The third kappa shape index (κ3) is 3.87. The molecule has 0 aromatic heterocycles. The van der Waals surface area contributed by atoms with Gasteiger partial charge in [-0.05, 0) is 6.92 Å². The molecule has 0 saturated carbocycles. The molecule has 0 aliphatic carbocycles. The number of amides is 1. The molecule has 1 amide bonds. The van der Waals surface area contributed by atoms with Crippen molar-refractivity contribution in [3.63, 3.8) is 0 Å². The van der Waals surface area contributed by atoms with Gasteiger partial charge in [0, 0.05) is 6.92 Å². The van der Waals surface area contributed by atoms with E-state index in [4.69, 9.17) is 19.7 Å². The van der Waals surface area contributed by atoms with E-state index in [0.29, 0.717) is 0 Å². The summed E-state index contributed by atoms with van der Waals surface area (Å²) in [7, 11) is 0. The Hall–Kier alpha value is -1.26. The van der Waals surface area contributed by atoms with Crippen molar-refractivity contribution >= 4 is 11.9 Å². The molecule has 0 aromatic carbocycles. The van der Waals surface area contributed by atoms with Gasteiger partial charge in [0.25, 0.3) is 0 Å². The van der Waals surface area contributed by atoms with Crippen LogP contribution in [-0.4, -0.2) is 75.7 Å². The molecule has 6 unspecified atom stereocenters. The smallest absolute Gasteiger partial charge is 0.332 e. The lowest BCUT2D eigenvalue weighted by Gasteiger charge is -2.42. The van der Waals surface area contributed by atoms with Gasteiger partial charge in [-0.15, -0.1) is 0 Å². The van der Waals surface area contributed by atoms with Gasteiger partial charge in [0.05, 0.1) is 6.61 Å². The molecular weight excluding hydrogens is 274 g/mol. The minimum atomic E-state index is -1.54. The maximum Gasteiger partial charge on any atom is 0.332 e. The van der Waals surface area contributed by atoms with E-state index in [1.54, 1.807) is 0 Å². The first-order valence-electron chi connectivity index (χ1n) is 6.05. The summed E-state index contributed by atoms with van der Waals surface area (Å²) < 4.78 is 10.2. The molecule has 116 valence electrons. The van der Waals surface area contributed by atoms with Gasteiger partial charge in [0.15, 0.2) is 12.4 Å². The van der Waals surface area contributed by atoms with Crippen LogP contribution < -0.4 is 5.32 Å². The molecule has 0 radical (unpaired) electrons. The van der Waals surface area contributed by atoms with Gasteiger partial charge >= 0.3 is 5.97 Å². The quantitative estimate of drug-likeness (QED) is 0.371. The topological polar surface area (TPSA) is 146 Å². The SMILES string of the molecule is CC(=O)NC1C(O)OC(CO)C(OC(C)C(=O)O)C1O. The second-order valence-electron chi connectivity index (χ2n) is 4.55. The van der Waals surface area contributed by atoms with E-state index in [1.165, 1.54) is 13.8 Å². The van der Waals surface area contributed by atoms with Crippen LogP contribution in [0.3, 0.4) is 0 Å². The number of carboxylic acids is 1. The Morgan fingerprint density at radius 2 is 2.00 bits per heavy atom. The minimum Gasteiger partial charge on any atom is -0.479 e. The molecule has 0 spiro atoms. The van der Waals surface area contributed by atoms with Gasteiger partial charge in [-0.25, -0.2) is 4.79 Å². The molecule has 1 fully saturated rings. The number of ether oxygens (including phenoxy) is 2. The number of aliphatic hydroxyl groups is 3. The number of carbonyl (C=O) groups excluding carboxylic acids is 1. The van der Waals surface area contributed by atoms with Crippen molar-refractivity contribution in [3.05, 3.63) is 0 Å². The summed E-state index contributed by atoms with van der Waals surface area (Å²) in [5.74, 6) is -1.76. The summed E-state index contributed by atoms with van der Waals surface area (Å²) in [6, 6.07) is -1.18. The zero-order chi connectivity index (χ0) is 15.4. The lowest BCUT2D eigenvalue weighted by molar-refractivity contribution is -0.269. The summed E-state index contributed by atoms with van der Waals surface area (Å²) >= 11 is 0. The normalized spacial score (nSPS) is 35.4. The van der Waals surface area contributed by atoms with Gasteiger partial charge in [-0.1, -0.05) is 0 Å². The van der Waals surface area contributed by atoms with Crippen LogP contribution in [0.2, 0.25) is 0 Å². The highest BCUT2D eigenvalue weighted by Crippen LogP contribution is 2.23. The fraction of sp³-hybridized carbons (Fsp3) is 0.818. The van der Waals surface area contributed by atoms with E-state index in [0.717, 1.165) is 0 Å². The van der Waals surface area contributed by atoms with Crippen LogP contribution in [0.1, 0.15) is 13.8 Å². The van der Waals surface area contributed by atoms with E-state index in [2.05, 4.69) is 5.32 Å². The van der Waals surface area contributed by atoms with E-state index < -0.39 is 55.2 Å². The molecule has 5 N–H and O–H groups in total. The van der Waals surface area contributed by atoms with Crippen molar-refractivity contribution in [1.29, 1.82) is 0 Å². The zero-order valence-electron chi connectivity index (χ0n) is 11.1. The minimum absolute atomic E-state index is 0.510. The highest BCUT2D eigenvalue weighted by atomic mass is 16.6. The molecule has 9 nitrogen and oxygen atoms in total. The predicted molar refractivity (Wildman–Crippen MR) is 63.5 cm³/mol. The van der Waals surface area contributed by atoms with Gasteiger partial charge in [0.2, 0.25) is 5.91 Å². The Labute approximate surface area is 115 Å². The van der Waals surface area contributed by atoms with Crippen molar-refractivity contribution in [2.24, 2.45) is 0 Å². The van der Waals surface area contributed by atoms with Gasteiger partial charge in [-0.2, -0.15) is 0 Å². The van der Waals surface area contributed by atoms with Crippen LogP contribution >= 0.6 is 0 Å². The van der Waals surface area contributed by atoms with Crippen LogP contribution in [0.25, 0.3) is 0 Å². The standard InChI is InChI=1S/C11H19NO8/c1-4(10(16)17)19-9-6(3-13)20-11(18)7(8(9)15)12-5(2)14/h4,6-9,11,13,15,18H,3H2,1-2H3,(H,12,14)(H,16,17). The number of carboxylic acid groups (broad SMARTS) is 1. The van der Waals surface area contributed by atoms with Crippen LogP contribution in [0.4, 0.5) is 0 Å². The highest BCUT2D eigenvalue weighted by Gasteiger charge is 2.46. The lowest BCUT2D eigenvalue weighted by atomic mass is 9.96. The first-order chi connectivity index (χ1) is 9.27. The number of rotatable bonds is 5. The van der Waals surface area contributed by atoms with Crippen LogP contribution in [0, 0.1) is 0 Å². The molecule has 1 rings (SSSR count). The number of carbonyl (C=O) groups is 2. The van der Waals surface area contributed by atoms with Crippen LogP contribution in [0.15, 0.2) is 0 Å². The molecule has 6 atom stereocenters. The van der Waals surface area contributed by atoms with Gasteiger partial charge in [-0.3, -0.25) is 4.79 Å². The first-order valence-corrected chi connectivity index (χ1v) is 6.05. The third-order valence-corrected chi connectivity index (χ3v) is 2.95. The fourth-order valence-corrected chi connectivity index (χ4v) is 1.93. The summed E-state index contributed by atoms with van der Waals surface area (Å²) in [6.07, 6.45) is -6.52. The largest absolute Gasteiger partial charge is 0.479 e. The summed E-state index contributed by atoms with van der Waals surface area (Å²) in [4.78, 5) is 21.8. The molecule has 0 aromatic rings. The number of hydrogen-bond acceptors (Lipinski definition) is 7.